The number of anilines is 1. The molecule has 0 saturated carbocycles. The minimum Gasteiger partial charge on any atom is -0.368 e. The maximum atomic E-state index is 13.4. The molecule has 0 aliphatic carbocycles. The number of nitro benzene ring substituents is 1. The fourth-order valence-corrected chi connectivity index (χ4v) is 1.64. The van der Waals surface area contributed by atoms with Gasteiger partial charge in [-0.2, -0.15) is 0 Å². The number of carbonyl (C=O) groups is 1. The Morgan fingerprint density at radius 1 is 1.50 bits per heavy atom. The van der Waals surface area contributed by atoms with Gasteiger partial charge < -0.3 is 10.6 Å². The molecule has 1 rings (SSSR count). The van der Waals surface area contributed by atoms with Crippen LogP contribution in [-0.2, 0) is 4.79 Å². The molecule has 7 heteroatoms. The van der Waals surface area contributed by atoms with E-state index >= 15 is 0 Å². The van der Waals surface area contributed by atoms with E-state index in [1.165, 1.54) is 13.0 Å². The van der Waals surface area contributed by atoms with Crippen molar-refractivity contribution in [3.63, 3.8) is 0 Å². The molecule has 0 saturated heterocycles. The average Bonchev–Trinajstić information content (AvgIpc) is 2.39. The Kier molecular flexibility index (Phi) is 5.42. The molecule has 0 spiro atoms. The number of nitrogens with zero attached hydrogens (tertiary/aromatic N) is 1. The molecule has 1 aromatic carbocycles. The van der Waals surface area contributed by atoms with Gasteiger partial charge in [-0.1, -0.05) is 6.92 Å². The van der Waals surface area contributed by atoms with Crippen molar-refractivity contribution in [2.45, 2.75) is 33.2 Å². The second-order valence-corrected chi connectivity index (χ2v) is 4.53. The molecular weight excluding hydrogens is 265 g/mol. The van der Waals surface area contributed by atoms with E-state index in [0.717, 1.165) is 12.5 Å². The molecule has 0 aliphatic rings. The summed E-state index contributed by atoms with van der Waals surface area (Å²) >= 11 is 0. The van der Waals surface area contributed by atoms with Crippen molar-refractivity contribution in [1.82, 2.24) is 5.32 Å². The fraction of sp³-hybridized carbons (Fsp3) is 0.462. The third kappa shape index (κ3) is 3.91. The lowest BCUT2D eigenvalue weighted by atomic mass is 10.1. The molecule has 0 aromatic heterocycles. The Morgan fingerprint density at radius 3 is 2.70 bits per heavy atom. The summed E-state index contributed by atoms with van der Waals surface area (Å²) in [6.07, 6.45) is 0.800. The number of rotatable bonds is 6. The zero-order valence-corrected chi connectivity index (χ0v) is 11.7. The topological polar surface area (TPSA) is 84.3 Å². The van der Waals surface area contributed by atoms with Crippen LogP contribution < -0.4 is 10.6 Å². The highest BCUT2D eigenvalue weighted by atomic mass is 19.1. The van der Waals surface area contributed by atoms with Gasteiger partial charge in [0.25, 0.3) is 5.69 Å². The normalized spacial score (nSPS) is 11.8. The number of halogens is 1. The highest BCUT2D eigenvalue weighted by Crippen LogP contribution is 2.28. The van der Waals surface area contributed by atoms with Crippen LogP contribution >= 0.6 is 0 Å². The van der Waals surface area contributed by atoms with Gasteiger partial charge in [0, 0.05) is 6.54 Å². The number of amides is 1. The van der Waals surface area contributed by atoms with Crippen LogP contribution in [0.3, 0.4) is 0 Å². The number of nitro groups is 1. The highest BCUT2D eigenvalue weighted by Gasteiger charge is 2.20. The Balaban J connectivity index is 2.93. The Labute approximate surface area is 116 Å². The largest absolute Gasteiger partial charge is 0.368 e. The standard InChI is InChI=1S/C13H18FN3O3/c1-4-5-15-13(18)9(3)16-11-6-8(2)10(14)7-12(11)17(19)20/h6-7,9,16H,4-5H2,1-3H3,(H,15,18). The van der Waals surface area contributed by atoms with Crippen LogP contribution in [0.1, 0.15) is 25.8 Å². The van der Waals surface area contributed by atoms with E-state index in [1.54, 1.807) is 6.92 Å². The molecule has 1 atom stereocenters. The average molecular weight is 283 g/mol. The first kappa shape index (κ1) is 15.9. The summed E-state index contributed by atoms with van der Waals surface area (Å²) in [4.78, 5) is 21.9. The quantitative estimate of drug-likeness (QED) is 0.620. The molecule has 110 valence electrons. The number of hydrogen-bond donors (Lipinski definition) is 2. The second-order valence-electron chi connectivity index (χ2n) is 4.53. The minimum absolute atomic E-state index is 0.132. The van der Waals surface area contributed by atoms with E-state index in [2.05, 4.69) is 10.6 Å². The number of aryl methyl sites for hydroxylation is 1. The van der Waals surface area contributed by atoms with Crippen LogP contribution in [0.15, 0.2) is 12.1 Å². The third-order valence-electron chi connectivity index (χ3n) is 2.79. The van der Waals surface area contributed by atoms with Crippen LogP contribution in [0.25, 0.3) is 0 Å². The third-order valence-corrected chi connectivity index (χ3v) is 2.79. The van der Waals surface area contributed by atoms with Crippen molar-refractivity contribution < 1.29 is 14.1 Å². The van der Waals surface area contributed by atoms with Gasteiger partial charge in [-0.05, 0) is 31.9 Å². The number of nitrogens with one attached hydrogen (secondary N) is 2. The first-order valence-corrected chi connectivity index (χ1v) is 6.35. The lowest BCUT2D eigenvalue weighted by molar-refractivity contribution is -0.384. The number of carbonyl (C=O) groups excluding carboxylic acids is 1. The SMILES string of the molecule is CCCNC(=O)C(C)Nc1cc(C)c(F)cc1[N+](=O)[O-]. The number of hydrogen-bond acceptors (Lipinski definition) is 4. The van der Waals surface area contributed by atoms with E-state index in [0.29, 0.717) is 6.54 Å². The Morgan fingerprint density at radius 2 is 2.15 bits per heavy atom. The van der Waals surface area contributed by atoms with Gasteiger partial charge >= 0.3 is 0 Å². The molecule has 1 unspecified atom stereocenters. The molecule has 2 N–H and O–H groups in total. The van der Waals surface area contributed by atoms with E-state index < -0.39 is 16.8 Å². The lowest BCUT2D eigenvalue weighted by Gasteiger charge is -2.15. The first-order chi connectivity index (χ1) is 9.36. The predicted molar refractivity (Wildman–Crippen MR) is 74.2 cm³/mol. The highest BCUT2D eigenvalue weighted by molar-refractivity contribution is 5.85. The summed E-state index contributed by atoms with van der Waals surface area (Å²) in [6, 6.07) is 1.54. The van der Waals surface area contributed by atoms with Gasteiger partial charge in [0.2, 0.25) is 5.91 Å². The van der Waals surface area contributed by atoms with Crippen molar-refractivity contribution in [3.05, 3.63) is 33.6 Å². The van der Waals surface area contributed by atoms with Crippen molar-refractivity contribution >= 4 is 17.3 Å². The Hall–Kier alpha value is -2.18. The molecule has 0 radical (unpaired) electrons. The van der Waals surface area contributed by atoms with Crippen molar-refractivity contribution in [2.24, 2.45) is 0 Å². The van der Waals surface area contributed by atoms with E-state index in [-0.39, 0.29) is 22.8 Å². The number of benzene rings is 1. The van der Waals surface area contributed by atoms with Gasteiger partial charge in [-0.15, -0.1) is 0 Å². The summed E-state index contributed by atoms with van der Waals surface area (Å²) in [7, 11) is 0. The first-order valence-electron chi connectivity index (χ1n) is 6.35. The Bertz CT molecular complexity index is 520. The molecule has 0 heterocycles. The summed E-state index contributed by atoms with van der Waals surface area (Å²) in [5.74, 6) is -0.909. The van der Waals surface area contributed by atoms with Crippen LogP contribution in [0.2, 0.25) is 0 Å². The summed E-state index contributed by atoms with van der Waals surface area (Å²) in [5, 5.41) is 16.3. The monoisotopic (exact) mass is 283 g/mol. The van der Waals surface area contributed by atoms with Gasteiger partial charge in [-0.25, -0.2) is 4.39 Å². The molecule has 0 bridgehead atoms. The summed E-state index contributed by atoms with van der Waals surface area (Å²) in [5.41, 5.74) is 0.0237. The van der Waals surface area contributed by atoms with Crippen molar-refractivity contribution in [2.75, 3.05) is 11.9 Å². The van der Waals surface area contributed by atoms with Crippen molar-refractivity contribution in [3.8, 4) is 0 Å². The summed E-state index contributed by atoms with van der Waals surface area (Å²) in [6.45, 7) is 5.56. The van der Waals surface area contributed by atoms with Crippen LogP contribution in [0.4, 0.5) is 15.8 Å². The lowest BCUT2D eigenvalue weighted by Crippen LogP contribution is -2.38. The fourth-order valence-electron chi connectivity index (χ4n) is 1.64. The smallest absolute Gasteiger partial charge is 0.295 e. The molecule has 1 aromatic rings. The van der Waals surface area contributed by atoms with Gasteiger partial charge in [0.15, 0.2) is 0 Å². The van der Waals surface area contributed by atoms with Crippen LogP contribution in [0.5, 0.6) is 0 Å². The molecular formula is C13H18FN3O3. The minimum atomic E-state index is -0.679. The molecule has 1 amide bonds. The molecule has 20 heavy (non-hydrogen) atoms. The van der Waals surface area contributed by atoms with E-state index in [9.17, 15) is 19.3 Å². The van der Waals surface area contributed by atoms with Gasteiger partial charge in [0.05, 0.1) is 11.0 Å². The van der Waals surface area contributed by atoms with Gasteiger partial charge in [-0.3, -0.25) is 14.9 Å². The van der Waals surface area contributed by atoms with Crippen LogP contribution in [0, 0.1) is 22.9 Å². The molecule has 6 nitrogen and oxygen atoms in total. The van der Waals surface area contributed by atoms with Crippen LogP contribution in [-0.4, -0.2) is 23.4 Å². The van der Waals surface area contributed by atoms with Gasteiger partial charge in [0.1, 0.15) is 17.5 Å². The zero-order chi connectivity index (χ0) is 15.3. The van der Waals surface area contributed by atoms with E-state index in [4.69, 9.17) is 0 Å². The van der Waals surface area contributed by atoms with E-state index in [1.807, 2.05) is 6.92 Å². The predicted octanol–water partition coefficient (Wildman–Crippen LogP) is 2.37. The maximum Gasteiger partial charge on any atom is 0.295 e. The zero-order valence-electron chi connectivity index (χ0n) is 11.7. The second kappa shape index (κ2) is 6.83. The van der Waals surface area contributed by atoms with Crippen molar-refractivity contribution in [1.29, 1.82) is 0 Å². The molecule has 0 aliphatic heterocycles. The summed E-state index contributed by atoms with van der Waals surface area (Å²) < 4.78 is 13.4. The maximum absolute atomic E-state index is 13.4. The molecule has 0 fully saturated rings.